The number of benzene rings is 2. The molecular weight excluding hydrogens is 288 g/mol. The smallest absolute Gasteiger partial charge is 0.0948 e. The zero-order valence-electron chi connectivity index (χ0n) is 12.8. The topological polar surface area (TPSA) is 24.9 Å². The van der Waals surface area contributed by atoms with E-state index >= 15 is 0 Å². The third-order valence-corrected chi connectivity index (χ3v) is 4.61. The van der Waals surface area contributed by atoms with Crippen LogP contribution in [0, 0.1) is 6.92 Å². The molecule has 0 atom stereocenters. The molecule has 3 rings (SSSR count). The van der Waals surface area contributed by atoms with Crippen molar-refractivity contribution in [2.24, 2.45) is 0 Å². The van der Waals surface area contributed by atoms with Crippen LogP contribution >= 0.6 is 11.3 Å². The molecule has 1 N–H and O–H groups in total. The lowest BCUT2D eigenvalue weighted by Crippen LogP contribution is -2.16. The highest BCUT2D eigenvalue weighted by Gasteiger charge is 2.09. The Morgan fingerprint density at radius 3 is 2.36 bits per heavy atom. The van der Waals surface area contributed by atoms with Gasteiger partial charge >= 0.3 is 0 Å². The van der Waals surface area contributed by atoms with Gasteiger partial charge in [-0.2, -0.15) is 0 Å². The summed E-state index contributed by atoms with van der Waals surface area (Å²) in [5.41, 5.74) is 3.66. The Balaban J connectivity index is 1.55. The third-order valence-electron chi connectivity index (χ3n) is 3.58. The number of aromatic nitrogens is 1. The summed E-state index contributed by atoms with van der Waals surface area (Å²) in [5.74, 6) is 0. The van der Waals surface area contributed by atoms with Crippen molar-refractivity contribution < 1.29 is 0 Å². The van der Waals surface area contributed by atoms with Crippen LogP contribution in [-0.4, -0.2) is 11.5 Å². The molecule has 0 bridgehead atoms. The van der Waals surface area contributed by atoms with Gasteiger partial charge in [0.05, 0.1) is 10.7 Å². The lowest BCUT2D eigenvalue weighted by molar-refractivity contribution is 0.685. The fourth-order valence-corrected chi connectivity index (χ4v) is 3.40. The Bertz CT molecular complexity index is 705. The van der Waals surface area contributed by atoms with Crippen LogP contribution in [0.2, 0.25) is 0 Å². The van der Waals surface area contributed by atoms with Crippen molar-refractivity contribution in [3.05, 3.63) is 76.1 Å². The van der Waals surface area contributed by atoms with Crippen LogP contribution in [0.15, 0.2) is 60.7 Å². The van der Waals surface area contributed by atoms with Gasteiger partial charge in [0.2, 0.25) is 0 Å². The van der Waals surface area contributed by atoms with Crippen molar-refractivity contribution >= 4 is 11.3 Å². The van der Waals surface area contributed by atoms with Gasteiger partial charge in [-0.1, -0.05) is 60.7 Å². The van der Waals surface area contributed by atoms with Crippen LogP contribution in [-0.2, 0) is 13.0 Å². The maximum atomic E-state index is 4.80. The molecule has 3 aromatic rings. The molecule has 0 spiro atoms. The number of aryl methyl sites for hydroxylation is 1. The van der Waals surface area contributed by atoms with Crippen molar-refractivity contribution in [1.29, 1.82) is 0 Å². The van der Waals surface area contributed by atoms with Crippen LogP contribution in [0.25, 0.3) is 11.3 Å². The first-order chi connectivity index (χ1) is 10.8. The zero-order chi connectivity index (χ0) is 15.2. The molecule has 0 aliphatic heterocycles. The molecule has 22 heavy (non-hydrogen) atoms. The van der Waals surface area contributed by atoms with Gasteiger partial charge in [-0.3, -0.25) is 0 Å². The average Bonchev–Trinajstić information content (AvgIpc) is 2.94. The van der Waals surface area contributed by atoms with Crippen LogP contribution in [0.5, 0.6) is 0 Å². The highest BCUT2D eigenvalue weighted by Crippen LogP contribution is 2.27. The Morgan fingerprint density at radius 1 is 0.955 bits per heavy atom. The van der Waals surface area contributed by atoms with E-state index in [1.54, 1.807) is 11.3 Å². The molecule has 112 valence electrons. The monoisotopic (exact) mass is 308 g/mol. The summed E-state index contributed by atoms with van der Waals surface area (Å²) in [6, 6.07) is 20.9. The predicted molar refractivity (Wildman–Crippen MR) is 94.1 cm³/mol. The average molecular weight is 308 g/mol. The van der Waals surface area contributed by atoms with E-state index in [2.05, 4.69) is 60.8 Å². The number of nitrogens with one attached hydrogen (secondary N) is 1. The molecule has 3 heteroatoms. The lowest BCUT2D eigenvalue weighted by atomic mass is 10.1. The summed E-state index contributed by atoms with van der Waals surface area (Å²) in [4.78, 5) is 6.10. The number of hydrogen-bond donors (Lipinski definition) is 1. The first-order valence-corrected chi connectivity index (χ1v) is 8.41. The van der Waals surface area contributed by atoms with Crippen LogP contribution < -0.4 is 5.32 Å². The van der Waals surface area contributed by atoms with Gasteiger partial charge in [-0.15, -0.1) is 11.3 Å². The molecule has 0 fully saturated rings. The number of rotatable bonds is 6. The van der Waals surface area contributed by atoms with E-state index in [4.69, 9.17) is 4.98 Å². The van der Waals surface area contributed by atoms with E-state index in [0.29, 0.717) is 0 Å². The minimum atomic E-state index is 0.913. The largest absolute Gasteiger partial charge is 0.312 e. The van der Waals surface area contributed by atoms with Crippen molar-refractivity contribution in [1.82, 2.24) is 10.3 Å². The maximum absolute atomic E-state index is 4.80. The second kappa shape index (κ2) is 7.34. The fraction of sp³-hybridized carbons (Fsp3) is 0.211. The highest BCUT2D eigenvalue weighted by atomic mass is 32.1. The molecule has 0 aliphatic rings. The molecule has 0 unspecified atom stereocenters. The van der Waals surface area contributed by atoms with E-state index in [0.717, 1.165) is 25.2 Å². The van der Waals surface area contributed by atoms with Crippen LogP contribution in [0.3, 0.4) is 0 Å². The molecule has 0 amide bonds. The molecule has 0 saturated heterocycles. The van der Waals surface area contributed by atoms with Crippen molar-refractivity contribution in [3.8, 4) is 11.3 Å². The molecule has 0 aliphatic carbocycles. The summed E-state index contributed by atoms with van der Waals surface area (Å²) in [7, 11) is 0. The van der Waals surface area contributed by atoms with Gasteiger partial charge in [0, 0.05) is 30.0 Å². The SMILES string of the molecule is Cc1sc(CCNCc2ccccc2)nc1-c1ccccc1. The minimum absolute atomic E-state index is 0.913. The molecule has 1 aromatic heterocycles. The van der Waals surface area contributed by atoms with Gasteiger partial charge in [-0.05, 0) is 12.5 Å². The first-order valence-electron chi connectivity index (χ1n) is 7.59. The predicted octanol–water partition coefficient (Wildman–Crippen LogP) is 4.45. The molecule has 2 nitrogen and oxygen atoms in total. The fourth-order valence-electron chi connectivity index (χ4n) is 2.45. The van der Waals surface area contributed by atoms with Crippen molar-refractivity contribution in [2.75, 3.05) is 6.54 Å². The van der Waals surface area contributed by atoms with E-state index in [1.165, 1.54) is 21.0 Å². The van der Waals surface area contributed by atoms with E-state index in [9.17, 15) is 0 Å². The summed E-state index contributed by atoms with van der Waals surface area (Å²) < 4.78 is 0. The van der Waals surface area contributed by atoms with E-state index in [1.807, 2.05) is 12.1 Å². The minimum Gasteiger partial charge on any atom is -0.312 e. The van der Waals surface area contributed by atoms with Gasteiger partial charge in [0.25, 0.3) is 0 Å². The van der Waals surface area contributed by atoms with E-state index < -0.39 is 0 Å². The van der Waals surface area contributed by atoms with Crippen LogP contribution in [0.4, 0.5) is 0 Å². The van der Waals surface area contributed by atoms with Crippen molar-refractivity contribution in [2.45, 2.75) is 19.9 Å². The molecule has 1 heterocycles. The maximum Gasteiger partial charge on any atom is 0.0948 e. The van der Waals surface area contributed by atoms with Gasteiger partial charge in [0.15, 0.2) is 0 Å². The Labute approximate surface area is 135 Å². The summed E-state index contributed by atoms with van der Waals surface area (Å²) in [6.45, 7) is 4.02. The molecular formula is C19H20N2S. The Kier molecular flexibility index (Phi) is 4.99. The quantitative estimate of drug-likeness (QED) is 0.680. The zero-order valence-corrected chi connectivity index (χ0v) is 13.6. The lowest BCUT2D eigenvalue weighted by Gasteiger charge is -2.03. The Hall–Kier alpha value is -1.97. The first kappa shape index (κ1) is 14.9. The summed E-state index contributed by atoms with van der Waals surface area (Å²) in [6.07, 6.45) is 0.977. The van der Waals surface area contributed by atoms with Crippen LogP contribution in [0.1, 0.15) is 15.4 Å². The van der Waals surface area contributed by atoms with Gasteiger partial charge < -0.3 is 5.32 Å². The van der Waals surface area contributed by atoms with Gasteiger partial charge in [0.1, 0.15) is 0 Å². The normalized spacial score (nSPS) is 10.8. The number of nitrogens with zero attached hydrogens (tertiary/aromatic N) is 1. The van der Waals surface area contributed by atoms with E-state index in [-0.39, 0.29) is 0 Å². The Morgan fingerprint density at radius 2 is 1.64 bits per heavy atom. The highest BCUT2D eigenvalue weighted by molar-refractivity contribution is 7.12. The third kappa shape index (κ3) is 3.81. The van der Waals surface area contributed by atoms with Crippen molar-refractivity contribution in [3.63, 3.8) is 0 Å². The van der Waals surface area contributed by atoms with Gasteiger partial charge in [-0.25, -0.2) is 4.98 Å². The second-order valence-electron chi connectivity index (χ2n) is 5.29. The molecule has 0 radical (unpaired) electrons. The summed E-state index contributed by atoms with van der Waals surface area (Å²) in [5, 5.41) is 4.69. The number of hydrogen-bond acceptors (Lipinski definition) is 3. The second-order valence-corrected chi connectivity index (χ2v) is 6.58. The standard InChI is InChI=1S/C19H20N2S/c1-15-19(17-10-6-3-7-11-17)21-18(22-15)12-13-20-14-16-8-4-2-5-9-16/h2-11,20H,12-14H2,1H3. The molecule has 0 saturated carbocycles. The number of thiazole rings is 1. The molecule has 2 aromatic carbocycles. The summed E-state index contributed by atoms with van der Waals surface area (Å²) >= 11 is 1.80.